The molecule has 188 valence electrons. The minimum Gasteiger partial charge on any atom is -0.480 e. The molecule has 1 aliphatic rings. The maximum Gasteiger partial charge on any atom is 0.407 e. The molecule has 2 atom stereocenters. The quantitative estimate of drug-likeness (QED) is 0.506. The lowest BCUT2D eigenvalue weighted by atomic mass is 9.86. The van der Waals surface area contributed by atoms with Crippen LogP contribution < -0.4 is 10.6 Å². The first kappa shape index (κ1) is 26.2. The van der Waals surface area contributed by atoms with E-state index >= 15 is 0 Å². The molecule has 3 rings (SSSR count). The van der Waals surface area contributed by atoms with Crippen LogP contribution in [0.4, 0.5) is 4.79 Å². The largest absolute Gasteiger partial charge is 0.480 e. The van der Waals surface area contributed by atoms with E-state index in [1.165, 1.54) is 0 Å². The molecule has 0 aliphatic heterocycles. The molecule has 3 N–H and O–H groups in total. The number of ether oxygens (including phenoxy) is 1. The first-order valence-corrected chi connectivity index (χ1v) is 11.8. The Morgan fingerprint density at radius 2 is 1.51 bits per heavy atom. The van der Waals surface area contributed by atoms with E-state index in [4.69, 9.17) is 4.74 Å². The van der Waals surface area contributed by atoms with Crippen molar-refractivity contribution < 1.29 is 24.2 Å². The molecule has 0 saturated heterocycles. The smallest absolute Gasteiger partial charge is 0.407 e. The molecular weight excluding hydrogens is 446 g/mol. The monoisotopic (exact) mass is 481 g/mol. The van der Waals surface area contributed by atoms with Gasteiger partial charge in [-0.2, -0.15) is 0 Å². The number of carboxylic acid groups (broad SMARTS) is 1. The van der Waals surface area contributed by atoms with E-state index in [0.717, 1.165) is 22.3 Å². The van der Waals surface area contributed by atoms with Crippen LogP contribution in [0.1, 0.15) is 44.2 Å². The summed E-state index contributed by atoms with van der Waals surface area (Å²) in [6.45, 7) is 5.86. The molecular formula is C27H35N3O5. The maximum absolute atomic E-state index is 13.0. The fraction of sp³-hybridized carbons (Fsp3) is 0.444. The van der Waals surface area contributed by atoms with Crippen LogP contribution >= 0.6 is 0 Å². The molecule has 0 heterocycles. The van der Waals surface area contributed by atoms with Crippen LogP contribution in [0, 0.1) is 5.41 Å². The van der Waals surface area contributed by atoms with Gasteiger partial charge in [-0.1, -0.05) is 69.3 Å². The number of fused-ring (bicyclic) bond motifs is 3. The third kappa shape index (κ3) is 6.39. The summed E-state index contributed by atoms with van der Waals surface area (Å²) in [6, 6.07) is 14.1. The minimum absolute atomic E-state index is 0.0977. The molecule has 0 spiro atoms. The van der Waals surface area contributed by atoms with Crippen molar-refractivity contribution >= 4 is 18.0 Å². The number of alkyl carbamates (subject to hydrolysis) is 1. The number of rotatable bonds is 9. The van der Waals surface area contributed by atoms with Crippen LogP contribution in [0.25, 0.3) is 11.1 Å². The topological polar surface area (TPSA) is 108 Å². The third-order valence-electron chi connectivity index (χ3n) is 6.22. The van der Waals surface area contributed by atoms with Crippen molar-refractivity contribution in [3.05, 3.63) is 59.7 Å². The van der Waals surface area contributed by atoms with Gasteiger partial charge in [-0.05, 0) is 54.7 Å². The summed E-state index contributed by atoms with van der Waals surface area (Å²) in [5, 5.41) is 14.8. The number of carbonyl (C=O) groups is 3. The molecule has 0 fully saturated rings. The van der Waals surface area contributed by atoms with E-state index in [1.807, 2.05) is 55.4 Å². The Hall–Kier alpha value is -3.39. The van der Waals surface area contributed by atoms with Crippen LogP contribution in [0.2, 0.25) is 0 Å². The summed E-state index contributed by atoms with van der Waals surface area (Å²) in [5.41, 5.74) is 3.75. The Morgan fingerprint density at radius 1 is 0.971 bits per heavy atom. The number of carboxylic acids is 1. The number of hydrogen-bond acceptors (Lipinski definition) is 5. The van der Waals surface area contributed by atoms with E-state index in [0.29, 0.717) is 13.0 Å². The molecule has 2 aromatic rings. The zero-order valence-corrected chi connectivity index (χ0v) is 21.0. The molecule has 2 aromatic carbocycles. The molecule has 0 saturated carbocycles. The number of nitrogens with zero attached hydrogens (tertiary/aromatic N) is 1. The average molecular weight is 482 g/mol. The highest BCUT2D eigenvalue weighted by Gasteiger charge is 2.35. The van der Waals surface area contributed by atoms with E-state index in [2.05, 4.69) is 22.8 Å². The first-order chi connectivity index (χ1) is 16.5. The van der Waals surface area contributed by atoms with Crippen LogP contribution in [0.15, 0.2) is 48.5 Å². The number of carbonyl (C=O) groups excluding carboxylic acids is 2. The van der Waals surface area contributed by atoms with Crippen molar-refractivity contribution in [3.8, 4) is 11.1 Å². The summed E-state index contributed by atoms with van der Waals surface area (Å²) >= 11 is 0. The van der Waals surface area contributed by atoms with Gasteiger partial charge < -0.3 is 25.4 Å². The average Bonchev–Trinajstić information content (AvgIpc) is 3.11. The highest BCUT2D eigenvalue weighted by molar-refractivity contribution is 5.89. The van der Waals surface area contributed by atoms with Gasteiger partial charge in [-0.25, -0.2) is 9.59 Å². The summed E-state index contributed by atoms with van der Waals surface area (Å²) in [4.78, 5) is 39.3. The zero-order valence-electron chi connectivity index (χ0n) is 21.0. The SMILES string of the molecule is CN(C)CCC(NC(=O)OCC1c2ccccc2-c2ccccc21)C(=O)N[C@H](C(=O)O)C(C)(C)C. The molecule has 1 aliphatic carbocycles. The predicted molar refractivity (Wildman–Crippen MR) is 134 cm³/mol. The highest BCUT2D eigenvalue weighted by Crippen LogP contribution is 2.44. The molecule has 0 radical (unpaired) electrons. The Kier molecular flexibility index (Phi) is 8.17. The van der Waals surface area contributed by atoms with Gasteiger partial charge >= 0.3 is 12.1 Å². The van der Waals surface area contributed by atoms with Gasteiger partial charge in [0.2, 0.25) is 5.91 Å². The lowest BCUT2D eigenvalue weighted by Gasteiger charge is -2.30. The van der Waals surface area contributed by atoms with Gasteiger partial charge in [0.15, 0.2) is 0 Å². The Morgan fingerprint density at radius 3 is 2.00 bits per heavy atom. The molecule has 1 unspecified atom stereocenters. The summed E-state index contributed by atoms with van der Waals surface area (Å²) in [5.74, 6) is -1.78. The second-order valence-corrected chi connectivity index (χ2v) is 10.3. The van der Waals surface area contributed by atoms with Crippen molar-refractivity contribution in [1.82, 2.24) is 15.5 Å². The van der Waals surface area contributed by atoms with Crippen LogP contribution in [0.5, 0.6) is 0 Å². The van der Waals surface area contributed by atoms with Crippen LogP contribution in [0.3, 0.4) is 0 Å². The summed E-state index contributed by atoms with van der Waals surface area (Å²) in [6.07, 6.45) is -0.409. The Labute approximate surface area is 206 Å². The normalized spacial score (nSPS) is 14.6. The Balaban J connectivity index is 1.69. The molecule has 35 heavy (non-hydrogen) atoms. The third-order valence-corrected chi connectivity index (χ3v) is 6.22. The van der Waals surface area contributed by atoms with Crippen molar-refractivity contribution in [3.63, 3.8) is 0 Å². The second kappa shape index (κ2) is 10.9. The summed E-state index contributed by atoms with van der Waals surface area (Å²) < 4.78 is 5.59. The second-order valence-electron chi connectivity index (χ2n) is 10.3. The van der Waals surface area contributed by atoms with Gasteiger partial charge in [0, 0.05) is 5.92 Å². The molecule has 2 amide bonds. The predicted octanol–water partition coefficient (Wildman–Crippen LogP) is 3.46. The van der Waals surface area contributed by atoms with Crippen LogP contribution in [-0.4, -0.2) is 67.3 Å². The molecule has 0 aromatic heterocycles. The Bertz CT molecular complexity index is 1030. The maximum atomic E-state index is 13.0. The standard InChI is InChI=1S/C27H35N3O5/c1-27(2,3)23(25(32)33)29-24(31)22(14-15-30(4)5)28-26(34)35-16-21-19-12-8-6-10-17(19)18-11-7-9-13-20(18)21/h6-13,21-23H,14-16H2,1-5H3,(H,28,34)(H,29,31)(H,32,33)/t22?,23-/m1/s1. The fourth-order valence-corrected chi connectivity index (χ4v) is 4.33. The number of benzene rings is 2. The van der Waals surface area contributed by atoms with Crippen molar-refractivity contribution in [1.29, 1.82) is 0 Å². The number of hydrogen-bond donors (Lipinski definition) is 3. The molecule has 0 bridgehead atoms. The molecule has 8 nitrogen and oxygen atoms in total. The number of nitrogens with one attached hydrogen (secondary N) is 2. The van der Waals surface area contributed by atoms with Crippen LogP contribution in [-0.2, 0) is 14.3 Å². The number of aliphatic carboxylic acids is 1. The van der Waals surface area contributed by atoms with Gasteiger partial charge in [0.1, 0.15) is 18.7 Å². The van der Waals surface area contributed by atoms with E-state index in [9.17, 15) is 19.5 Å². The van der Waals surface area contributed by atoms with E-state index in [1.54, 1.807) is 20.8 Å². The van der Waals surface area contributed by atoms with E-state index in [-0.39, 0.29) is 12.5 Å². The van der Waals surface area contributed by atoms with E-state index < -0.39 is 35.5 Å². The van der Waals surface area contributed by atoms with Gasteiger partial charge in [-0.3, -0.25) is 4.79 Å². The minimum atomic E-state index is -1.13. The van der Waals surface area contributed by atoms with Crippen molar-refractivity contribution in [2.75, 3.05) is 27.2 Å². The van der Waals surface area contributed by atoms with Crippen molar-refractivity contribution in [2.45, 2.75) is 45.2 Å². The highest BCUT2D eigenvalue weighted by atomic mass is 16.5. The summed E-state index contributed by atoms with van der Waals surface area (Å²) in [7, 11) is 3.72. The lowest BCUT2D eigenvalue weighted by Crippen LogP contribution is -2.56. The van der Waals surface area contributed by atoms with Gasteiger partial charge in [0.05, 0.1) is 0 Å². The molecule has 8 heteroatoms. The van der Waals surface area contributed by atoms with Crippen molar-refractivity contribution in [2.24, 2.45) is 5.41 Å². The van der Waals surface area contributed by atoms with Gasteiger partial charge in [0.25, 0.3) is 0 Å². The lowest BCUT2D eigenvalue weighted by molar-refractivity contribution is -0.145. The van der Waals surface area contributed by atoms with Gasteiger partial charge in [-0.15, -0.1) is 0 Å². The zero-order chi connectivity index (χ0) is 25.8. The fourth-order valence-electron chi connectivity index (χ4n) is 4.33. The number of amides is 2. The first-order valence-electron chi connectivity index (χ1n) is 11.8.